The standard InChI is InChI=1S/C19H30N4O/c1-2-4-16-9-18(21-20-16)19(24)23-12-15-7-8-17(13-23)22(11-15)10-14-5-3-6-14/h9,14-15,17H,2-8,10-13H2,1H3,(H,20,21). The number of nitrogens with zero attached hydrogens (tertiary/aromatic N) is 3. The molecule has 2 atom stereocenters. The highest BCUT2D eigenvalue weighted by Gasteiger charge is 2.38. The summed E-state index contributed by atoms with van der Waals surface area (Å²) >= 11 is 0. The van der Waals surface area contributed by atoms with Crippen LogP contribution >= 0.6 is 0 Å². The van der Waals surface area contributed by atoms with Gasteiger partial charge in [-0.15, -0.1) is 0 Å². The van der Waals surface area contributed by atoms with Crippen molar-refractivity contribution in [2.24, 2.45) is 11.8 Å². The first-order valence-electron chi connectivity index (χ1n) is 9.80. The van der Waals surface area contributed by atoms with Crippen LogP contribution in [-0.2, 0) is 6.42 Å². The molecule has 4 heterocycles. The maximum atomic E-state index is 12.9. The summed E-state index contributed by atoms with van der Waals surface area (Å²) in [6, 6.07) is 2.51. The summed E-state index contributed by atoms with van der Waals surface area (Å²) in [7, 11) is 0. The number of H-pyrrole nitrogens is 1. The van der Waals surface area contributed by atoms with E-state index in [1.54, 1.807) is 0 Å². The van der Waals surface area contributed by atoms with Crippen LogP contribution in [0.5, 0.6) is 0 Å². The molecule has 1 saturated carbocycles. The third-order valence-electron chi connectivity index (χ3n) is 6.20. The van der Waals surface area contributed by atoms with Crippen LogP contribution in [0.25, 0.3) is 0 Å². The first-order chi connectivity index (χ1) is 11.7. The molecule has 1 aromatic rings. The van der Waals surface area contributed by atoms with Crippen molar-refractivity contribution in [3.05, 3.63) is 17.5 Å². The molecule has 24 heavy (non-hydrogen) atoms. The lowest BCUT2D eigenvalue weighted by molar-refractivity contribution is 0.0712. The van der Waals surface area contributed by atoms with Gasteiger partial charge in [0.05, 0.1) is 0 Å². The van der Waals surface area contributed by atoms with Crippen LogP contribution in [0, 0.1) is 11.8 Å². The average Bonchev–Trinajstić information content (AvgIpc) is 2.82. The Labute approximate surface area is 144 Å². The molecule has 1 N–H and O–H groups in total. The van der Waals surface area contributed by atoms with Crippen molar-refractivity contribution < 1.29 is 4.79 Å². The number of aromatic nitrogens is 2. The van der Waals surface area contributed by atoms with Crippen LogP contribution in [0.1, 0.15) is 61.6 Å². The number of amides is 1. The Bertz CT molecular complexity index is 580. The number of hydrogen-bond donors (Lipinski definition) is 1. The molecule has 0 spiro atoms. The Kier molecular flexibility index (Phi) is 4.61. The van der Waals surface area contributed by atoms with Crippen molar-refractivity contribution in [1.82, 2.24) is 20.0 Å². The van der Waals surface area contributed by atoms with Gasteiger partial charge in [0.2, 0.25) is 0 Å². The zero-order chi connectivity index (χ0) is 16.5. The van der Waals surface area contributed by atoms with Gasteiger partial charge in [0.1, 0.15) is 5.69 Å². The normalized spacial score (nSPS) is 28.0. The predicted molar refractivity (Wildman–Crippen MR) is 93.9 cm³/mol. The highest BCUT2D eigenvalue weighted by Crippen LogP contribution is 2.33. The van der Waals surface area contributed by atoms with E-state index in [1.165, 1.54) is 45.2 Å². The highest BCUT2D eigenvalue weighted by molar-refractivity contribution is 5.92. The second-order valence-corrected chi connectivity index (χ2v) is 8.09. The molecule has 5 rings (SSSR count). The number of nitrogens with one attached hydrogen (secondary N) is 1. The number of rotatable bonds is 5. The summed E-state index contributed by atoms with van der Waals surface area (Å²) in [5.41, 5.74) is 1.68. The van der Waals surface area contributed by atoms with E-state index in [0.717, 1.165) is 37.5 Å². The van der Waals surface area contributed by atoms with Crippen LogP contribution in [0.2, 0.25) is 0 Å². The molecule has 3 saturated heterocycles. The summed E-state index contributed by atoms with van der Waals surface area (Å²) in [6.45, 7) is 6.38. The Hall–Kier alpha value is -1.36. The van der Waals surface area contributed by atoms with Crippen molar-refractivity contribution in [3.63, 3.8) is 0 Å². The quantitative estimate of drug-likeness (QED) is 0.903. The van der Waals surface area contributed by atoms with Gasteiger partial charge in [0.25, 0.3) is 5.91 Å². The van der Waals surface area contributed by atoms with Crippen LogP contribution in [0.4, 0.5) is 0 Å². The molecule has 2 bridgehead atoms. The van der Waals surface area contributed by atoms with E-state index in [0.29, 0.717) is 17.7 Å². The van der Waals surface area contributed by atoms with E-state index in [-0.39, 0.29) is 5.91 Å². The zero-order valence-electron chi connectivity index (χ0n) is 14.8. The summed E-state index contributed by atoms with van der Waals surface area (Å²) < 4.78 is 0. The van der Waals surface area contributed by atoms with Crippen molar-refractivity contribution >= 4 is 5.91 Å². The van der Waals surface area contributed by atoms with Crippen molar-refractivity contribution in [1.29, 1.82) is 0 Å². The third kappa shape index (κ3) is 3.23. The second kappa shape index (κ2) is 6.87. The van der Waals surface area contributed by atoms with E-state index in [1.807, 2.05) is 6.07 Å². The molecule has 4 fully saturated rings. The minimum absolute atomic E-state index is 0.121. The van der Waals surface area contributed by atoms with E-state index >= 15 is 0 Å². The van der Waals surface area contributed by atoms with E-state index in [2.05, 4.69) is 26.9 Å². The number of carbonyl (C=O) groups excluding carboxylic acids is 1. The molecule has 1 aromatic heterocycles. The van der Waals surface area contributed by atoms with Gasteiger partial charge in [0.15, 0.2) is 0 Å². The van der Waals surface area contributed by atoms with Crippen molar-refractivity contribution in [2.45, 2.75) is 57.9 Å². The maximum absolute atomic E-state index is 12.9. The maximum Gasteiger partial charge on any atom is 0.274 e. The molecule has 1 aliphatic carbocycles. The fourth-order valence-electron chi connectivity index (χ4n) is 4.61. The Morgan fingerprint density at radius 1 is 1.25 bits per heavy atom. The molecule has 3 aliphatic heterocycles. The number of fused-ring (bicyclic) bond motifs is 4. The van der Waals surface area contributed by atoms with Crippen LogP contribution < -0.4 is 0 Å². The van der Waals surface area contributed by atoms with E-state index in [4.69, 9.17) is 0 Å². The minimum atomic E-state index is 0.121. The molecule has 0 aromatic carbocycles. The predicted octanol–water partition coefficient (Wildman–Crippen LogP) is 2.70. The molecule has 132 valence electrons. The molecule has 1 amide bonds. The number of hydrogen-bond acceptors (Lipinski definition) is 3. The fourth-order valence-corrected chi connectivity index (χ4v) is 4.61. The molecular formula is C19H30N4O. The van der Waals surface area contributed by atoms with Gasteiger partial charge in [-0.1, -0.05) is 19.8 Å². The number of aryl methyl sites for hydroxylation is 1. The van der Waals surface area contributed by atoms with Gasteiger partial charge in [-0.25, -0.2) is 0 Å². The summed E-state index contributed by atoms with van der Waals surface area (Å²) in [4.78, 5) is 17.7. The van der Waals surface area contributed by atoms with Gasteiger partial charge in [-0.05, 0) is 50.0 Å². The third-order valence-corrected chi connectivity index (χ3v) is 6.20. The number of carbonyl (C=O) groups is 1. The zero-order valence-corrected chi connectivity index (χ0v) is 14.8. The highest BCUT2D eigenvalue weighted by atomic mass is 16.2. The summed E-state index contributed by atoms with van der Waals surface area (Å²) in [5.74, 6) is 1.68. The average molecular weight is 330 g/mol. The molecule has 5 nitrogen and oxygen atoms in total. The van der Waals surface area contributed by atoms with Crippen LogP contribution in [0.3, 0.4) is 0 Å². The van der Waals surface area contributed by atoms with Gasteiger partial charge in [-0.3, -0.25) is 14.8 Å². The summed E-state index contributed by atoms with van der Waals surface area (Å²) in [6.07, 6.45) is 8.78. The Morgan fingerprint density at radius 2 is 2.12 bits per heavy atom. The lowest BCUT2D eigenvalue weighted by Gasteiger charge is -2.40. The second-order valence-electron chi connectivity index (χ2n) is 8.09. The largest absolute Gasteiger partial charge is 0.335 e. The lowest BCUT2D eigenvalue weighted by Crippen LogP contribution is -2.47. The van der Waals surface area contributed by atoms with Crippen LogP contribution in [-0.4, -0.2) is 58.1 Å². The number of aromatic amines is 1. The fraction of sp³-hybridized carbons (Fsp3) is 0.789. The van der Waals surface area contributed by atoms with E-state index in [9.17, 15) is 4.79 Å². The first-order valence-corrected chi connectivity index (χ1v) is 9.80. The van der Waals surface area contributed by atoms with Crippen LogP contribution in [0.15, 0.2) is 6.07 Å². The smallest absolute Gasteiger partial charge is 0.274 e. The Morgan fingerprint density at radius 3 is 2.88 bits per heavy atom. The number of piperidine rings is 1. The van der Waals surface area contributed by atoms with Gasteiger partial charge < -0.3 is 4.90 Å². The molecule has 5 heteroatoms. The topological polar surface area (TPSA) is 52.2 Å². The molecule has 2 unspecified atom stereocenters. The van der Waals surface area contributed by atoms with Crippen molar-refractivity contribution in [3.8, 4) is 0 Å². The van der Waals surface area contributed by atoms with Gasteiger partial charge in [-0.2, -0.15) is 5.10 Å². The minimum Gasteiger partial charge on any atom is -0.335 e. The Balaban J connectivity index is 1.43. The van der Waals surface area contributed by atoms with Crippen molar-refractivity contribution in [2.75, 3.05) is 26.2 Å². The summed E-state index contributed by atoms with van der Waals surface area (Å²) in [5, 5.41) is 7.29. The lowest BCUT2D eigenvalue weighted by atomic mass is 9.83. The molecular weight excluding hydrogens is 300 g/mol. The van der Waals surface area contributed by atoms with E-state index < -0.39 is 0 Å². The first kappa shape index (κ1) is 16.1. The molecule has 0 radical (unpaired) electrons. The van der Waals surface area contributed by atoms with Gasteiger partial charge >= 0.3 is 0 Å². The van der Waals surface area contributed by atoms with Gasteiger partial charge in [0, 0.05) is 37.9 Å². The SMILES string of the molecule is CCCc1cc(C(=O)N2CC3CCC(C2)N(CC2CCC2)C3)n[nH]1. The monoisotopic (exact) mass is 330 g/mol. The molecule has 4 aliphatic rings.